The third-order valence-electron chi connectivity index (χ3n) is 6.78. The zero-order valence-electron chi connectivity index (χ0n) is 23.6. The Kier molecular flexibility index (Phi) is 9.45. The molecular weight excluding hydrogens is 697 g/mol. The van der Waals surface area contributed by atoms with Gasteiger partial charge in [-0.1, -0.05) is 63.8 Å². The van der Waals surface area contributed by atoms with Gasteiger partial charge >= 0.3 is 5.97 Å². The molecule has 0 unspecified atom stereocenters. The van der Waals surface area contributed by atoms with Gasteiger partial charge in [-0.25, -0.2) is 9.79 Å². The highest BCUT2D eigenvalue weighted by Gasteiger charge is 2.36. The topological polar surface area (TPSA) is 126 Å². The van der Waals surface area contributed by atoms with Gasteiger partial charge < -0.3 is 13.9 Å². The molecule has 1 aliphatic rings. The van der Waals surface area contributed by atoms with E-state index in [0.717, 1.165) is 21.9 Å². The molecule has 10 nitrogen and oxygen atoms in total. The number of carbonyl (C=O) groups excluding carboxylic acids is 1. The number of halogens is 3. The molecule has 228 valence electrons. The normalized spacial score (nSPS) is 14.8. The lowest BCUT2D eigenvalue weighted by Gasteiger charge is -2.27. The Morgan fingerprint density at radius 3 is 2.66 bits per heavy atom. The van der Waals surface area contributed by atoms with Crippen molar-refractivity contribution < 1.29 is 23.6 Å². The van der Waals surface area contributed by atoms with E-state index in [1.165, 1.54) is 17.7 Å². The Balaban J connectivity index is 1.69. The fraction of sp³-hybridized carbons (Fsp3) is 0.233. The van der Waals surface area contributed by atoms with Gasteiger partial charge in [0.25, 0.3) is 11.2 Å². The summed E-state index contributed by atoms with van der Waals surface area (Å²) in [5.74, 6) is 0.556. The first-order valence-corrected chi connectivity index (χ1v) is 15.7. The fourth-order valence-electron chi connectivity index (χ4n) is 4.90. The van der Waals surface area contributed by atoms with E-state index >= 15 is 0 Å². The molecule has 44 heavy (non-hydrogen) atoms. The van der Waals surface area contributed by atoms with Crippen LogP contribution in [0.25, 0.3) is 17.4 Å². The molecular formula is C30H24BrCl2N3O7S. The average molecular weight is 721 g/mol. The number of hydrogen-bond acceptors (Lipinski definition) is 9. The Morgan fingerprint density at radius 2 is 1.98 bits per heavy atom. The molecule has 0 N–H and O–H groups in total. The number of benzene rings is 2. The summed E-state index contributed by atoms with van der Waals surface area (Å²) in [7, 11) is 1.52. The predicted octanol–water partition coefficient (Wildman–Crippen LogP) is 6.82. The lowest BCUT2D eigenvalue weighted by Crippen LogP contribution is -2.40. The second-order valence-electron chi connectivity index (χ2n) is 9.54. The molecule has 4 aromatic rings. The molecule has 0 bridgehead atoms. The second-order valence-corrected chi connectivity index (χ2v) is 12.3. The molecule has 0 radical (unpaired) electrons. The van der Waals surface area contributed by atoms with E-state index in [0.29, 0.717) is 56.3 Å². The number of thiazole rings is 1. The van der Waals surface area contributed by atoms with Gasteiger partial charge in [-0.15, -0.1) is 0 Å². The molecule has 2 aromatic heterocycles. The van der Waals surface area contributed by atoms with Gasteiger partial charge in [0.15, 0.2) is 4.80 Å². The minimum Gasteiger partial charge on any atom is -0.496 e. The zero-order chi connectivity index (χ0) is 31.7. The molecule has 1 aliphatic heterocycles. The highest BCUT2D eigenvalue weighted by Crippen LogP contribution is 2.39. The van der Waals surface area contributed by atoms with Gasteiger partial charge in [-0.2, -0.15) is 0 Å². The standard InChI is InChI=1S/C30H24BrCl2N3O7S/c1-4-6-21-26(29(38)42-5-2)27(18-11-15(31)7-9-23(18)41-3)35-28(37)25(44-30(35)34-21)12-16-8-10-24(43-16)17-13-20(33)22(36(39)40)14-19(17)32/h7-14,27H,4-6H2,1-3H3/b25-12+/t27-/m0/s1. The number of aromatic nitrogens is 1. The third kappa shape index (κ3) is 5.99. The van der Waals surface area contributed by atoms with Crippen LogP contribution in [-0.4, -0.2) is 29.2 Å². The quantitative estimate of drug-likeness (QED) is 0.105. The van der Waals surface area contributed by atoms with E-state index in [1.54, 1.807) is 31.2 Å². The number of rotatable bonds is 9. The van der Waals surface area contributed by atoms with Crippen LogP contribution >= 0.6 is 50.5 Å². The van der Waals surface area contributed by atoms with Crippen LogP contribution in [0.4, 0.5) is 5.69 Å². The van der Waals surface area contributed by atoms with Gasteiger partial charge in [-0.05, 0) is 49.7 Å². The number of esters is 1. The van der Waals surface area contributed by atoms with Crippen LogP contribution in [-0.2, 0) is 9.53 Å². The van der Waals surface area contributed by atoms with Gasteiger partial charge in [0.05, 0.1) is 39.5 Å². The molecule has 0 saturated heterocycles. The summed E-state index contributed by atoms with van der Waals surface area (Å²) in [6.45, 7) is 3.85. The molecule has 0 aliphatic carbocycles. The van der Waals surface area contributed by atoms with Crippen LogP contribution in [0.3, 0.4) is 0 Å². The van der Waals surface area contributed by atoms with E-state index in [4.69, 9.17) is 42.1 Å². The van der Waals surface area contributed by atoms with Crippen molar-refractivity contribution in [3.63, 3.8) is 0 Å². The molecule has 3 heterocycles. The lowest BCUT2D eigenvalue weighted by atomic mass is 9.93. The van der Waals surface area contributed by atoms with E-state index in [1.807, 2.05) is 19.1 Å². The van der Waals surface area contributed by atoms with E-state index < -0.39 is 22.5 Å². The number of carbonyl (C=O) groups is 1. The van der Waals surface area contributed by atoms with Crippen LogP contribution in [0.15, 0.2) is 72.4 Å². The number of furan rings is 1. The maximum absolute atomic E-state index is 14.1. The predicted molar refractivity (Wildman–Crippen MR) is 171 cm³/mol. The fourth-order valence-corrected chi connectivity index (χ4v) is 6.77. The number of nitrogens with zero attached hydrogens (tertiary/aromatic N) is 3. The summed E-state index contributed by atoms with van der Waals surface area (Å²) in [6.07, 6.45) is 2.77. The minimum atomic E-state index is -0.866. The number of hydrogen-bond donors (Lipinski definition) is 0. The third-order valence-corrected chi connectivity index (χ3v) is 8.87. The summed E-state index contributed by atoms with van der Waals surface area (Å²) >= 11 is 17.1. The lowest BCUT2D eigenvalue weighted by molar-refractivity contribution is -0.384. The maximum Gasteiger partial charge on any atom is 0.338 e. The monoisotopic (exact) mass is 719 g/mol. The van der Waals surface area contributed by atoms with Gasteiger partial charge in [0, 0.05) is 27.7 Å². The summed E-state index contributed by atoms with van der Waals surface area (Å²) < 4.78 is 19.6. The largest absolute Gasteiger partial charge is 0.496 e. The van der Waals surface area contributed by atoms with Crippen molar-refractivity contribution in [2.75, 3.05) is 13.7 Å². The van der Waals surface area contributed by atoms with Crippen LogP contribution in [0.5, 0.6) is 5.75 Å². The van der Waals surface area contributed by atoms with Crippen molar-refractivity contribution in [3.8, 4) is 17.1 Å². The Hall–Kier alpha value is -3.71. The summed E-state index contributed by atoms with van der Waals surface area (Å²) in [4.78, 5) is 43.3. The molecule has 0 saturated carbocycles. The Labute approximate surface area is 273 Å². The van der Waals surface area contributed by atoms with Crippen molar-refractivity contribution in [3.05, 3.63) is 109 Å². The maximum atomic E-state index is 14.1. The van der Waals surface area contributed by atoms with Crippen molar-refractivity contribution in [2.24, 2.45) is 4.99 Å². The number of allylic oxidation sites excluding steroid dienone is 1. The van der Waals surface area contributed by atoms with Crippen molar-refractivity contribution in [2.45, 2.75) is 32.7 Å². The zero-order valence-corrected chi connectivity index (χ0v) is 27.5. The molecule has 0 amide bonds. The van der Waals surface area contributed by atoms with Crippen molar-refractivity contribution in [1.29, 1.82) is 0 Å². The second kappa shape index (κ2) is 13.1. The SMILES string of the molecule is CCCC1=C(C(=O)OCC)[C@H](c2cc(Br)ccc2OC)n2c(s/c(=C/c3ccc(-c4cc(Cl)c([N+](=O)[O-])cc4Cl)o3)c2=O)=N1. The number of nitro benzene ring substituents is 1. The van der Waals surface area contributed by atoms with Crippen LogP contribution < -0.4 is 19.6 Å². The number of nitro groups is 1. The molecule has 2 aromatic carbocycles. The van der Waals surface area contributed by atoms with Gasteiger partial charge in [0.1, 0.15) is 28.3 Å². The van der Waals surface area contributed by atoms with Gasteiger partial charge in [-0.3, -0.25) is 19.5 Å². The highest BCUT2D eigenvalue weighted by atomic mass is 79.9. The van der Waals surface area contributed by atoms with E-state index in [2.05, 4.69) is 15.9 Å². The molecule has 0 spiro atoms. The summed E-state index contributed by atoms with van der Waals surface area (Å²) in [6, 6.07) is 10.3. The first-order valence-electron chi connectivity index (χ1n) is 13.4. The minimum absolute atomic E-state index is 0.0827. The number of ether oxygens (including phenoxy) is 2. The molecule has 0 fully saturated rings. The van der Waals surface area contributed by atoms with Gasteiger partial charge in [0.2, 0.25) is 0 Å². The van der Waals surface area contributed by atoms with Crippen LogP contribution in [0, 0.1) is 10.1 Å². The Morgan fingerprint density at radius 1 is 1.20 bits per heavy atom. The number of fused-ring (bicyclic) bond motifs is 1. The Bertz CT molecular complexity index is 2010. The first-order chi connectivity index (χ1) is 21.1. The van der Waals surface area contributed by atoms with Crippen molar-refractivity contribution in [1.82, 2.24) is 4.57 Å². The molecule has 1 atom stereocenters. The van der Waals surface area contributed by atoms with E-state index in [-0.39, 0.29) is 27.9 Å². The van der Waals surface area contributed by atoms with Crippen molar-refractivity contribution >= 4 is 68.2 Å². The smallest absolute Gasteiger partial charge is 0.338 e. The average Bonchev–Trinajstić information content (AvgIpc) is 3.57. The first kappa shape index (κ1) is 31.7. The molecule has 14 heteroatoms. The van der Waals surface area contributed by atoms with Crippen LogP contribution in [0.2, 0.25) is 10.0 Å². The summed E-state index contributed by atoms with van der Waals surface area (Å²) in [5, 5.41) is 11.2. The molecule has 5 rings (SSSR count). The van der Waals surface area contributed by atoms with E-state index in [9.17, 15) is 19.7 Å². The number of methoxy groups -OCH3 is 1. The van der Waals surface area contributed by atoms with Crippen LogP contribution in [0.1, 0.15) is 44.1 Å². The summed E-state index contributed by atoms with van der Waals surface area (Å²) in [5.41, 5.74) is 1.03. The highest BCUT2D eigenvalue weighted by molar-refractivity contribution is 9.10.